The fourth-order valence-electron chi connectivity index (χ4n) is 1.66. The van der Waals surface area contributed by atoms with Gasteiger partial charge >= 0.3 is 0 Å². The van der Waals surface area contributed by atoms with Crippen molar-refractivity contribution in [2.75, 3.05) is 11.9 Å². The van der Waals surface area contributed by atoms with E-state index in [1.807, 2.05) is 19.1 Å². The fraction of sp³-hybridized carbons (Fsp3) is 0.429. The highest BCUT2D eigenvalue weighted by molar-refractivity contribution is 7.80. The Labute approximate surface area is 119 Å². The van der Waals surface area contributed by atoms with Crippen molar-refractivity contribution in [2.24, 2.45) is 11.7 Å². The molecule has 0 bridgehead atoms. The standard InChI is InChI=1S/C14H20N2O2S/c1-3-6-10(2)14(17)16-11-7-4-5-8-12(11)18-9-13(15)19/h4-5,7-8,10H,3,6,9H2,1-2H3,(H2,15,19)(H,16,17). The quantitative estimate of drug-likeness (QED) is 0.754. The van der Waals surface area contributed by atoms with Crippen LogP contribution in [0.1, 0.15) is 26.7 Å². The van der Waals surface area contributed by atoms with Gasteiger partial charge in [0.25, 0.3) is 0 Å². The first-order valence-electron chi connectivity index (χ1n) is 6.35. The Morgan fingerprint density at radius 1 is 1.47 bits per heavy atom. The SMILES string of the molecule is CCCC(C)C(=O)Nc1ccccc1OCC(N)=S. The first-order valence-corrected chi connectivity index (χ1v) is 6.76. The maximum atomic E-state index is 12.0. The maximum Gasteiger partial charge on any atom is 0.227 e. The van der Waals surface area contributed by atoms with Crippen LogP contribution in [0.15, 0.2) is 24.3 Å². The Bertz CT molecular complexity index is 449. The van der Waals surface area contributed by atoms with Crippen LogP contribution in [0.25, 0.3) is 0 Å². The second-order valence-electron chi connectivity index (χ2n) is 4.43. The van der Waals surface area contributed by atoms with Gasteiger partial charge in [0.2, 0.25) is 5.91 Å². The lowest BCUT2D eigenvalue weighted by molar-refractivity contribution is -0.119. The lowest BCUT2D eigenvalue weighted by Crippen LogP contribution is -2.22. The molecule has 1 unspecified atom stereocenters. The molecule has 4 nitrogen and oxygen atoms in total. The van der Waals surface area contributed by atoms with E-state index in [9.17, 15) is 4.79 Å². The van der Waals surface area contributed by atoms with Crippen molar-refractivity contribution in [3.63, 3.8) is 0 Å². The molecule has 1 amide bonds. The summed E-state index contributed by atoms with van der Waals surface area (Å²) in [4.78, 5) is 12.3. The summed E-state index contributed by atoms with van der Waals surface area (Å²) in [5.74, 6) is 0.550. The van der Waals surface area contributed by atoms with Gasteiger partial charge in [-0.2, -0.15) is 0 Å². The van der Waals surface area contributed by atoms with Crippen molar-refractivity contribution in [3.8, 4) is 5.75 Å². The maximum absolute atomic E-state index is 12.0. The van der Waals surface area contributed by atoms with Gasteiger partial charge in [0, 0.05) is 5.92 Å². The summed E-state index contributed by atoms with van der Waals surface area (Å²) in [6.07, 6.45) is 1.84. The van der Waals surface area contributed by atoms with Crippen molar-refractivity contribution in [1.29, 1.82) is 0 Å². The molecular formula is C14H20N2O2S. The number of para-hydroxylation sites is 2. The van der Waals surface area contributed by atoms with Gasteiger partial charge in [-0.05, 0) is 18.6 Å². The topological polar surface area (TPSA) is 64.3 Å². The molecule has 1 aromatic rings. The lowest BCUT2D eigenvalue weighted by atomic mass is 10.1. The minimum absolute atomic E-state index is 0.00627. The zero-order chi connectivity index (χ0) is 14.3. The molecular weight excluding hydrogens is 260 g/mol. The van der Waals surface area contributed by atoms with E-state index in [0.29, 0.717) is 11.4 Å². The Hall–Kier alpha value is -1.62. The molecule has 0 aliphatic heterocycles. The highest BCUT2D eigenvalue weighted by atomic mass is 32.1. The molecule has 5 heteroatoms. The molecule has 3 N–H and O–H groups in total. The van der Waals surface area contributed by atoms with Crippen LogP contribution in [0.5, 0.6) is 5.75 Å². The third-order valence-electron chi connectivity index (χ3n) is 2.68. The van der Waals surface area contributed by atoms with Crippen LogP contribution < -0.4 is 15.8 Å². The number of hydrogen-bond acceptors (Lipinski definition) is 3. The summed E-state index contributed by atoms with van der Waals surface area (Å²) in [5, 5.41) is 2.87. The van der Waals surface area contributed by atoms with E-state index in [1.165, 1.54) is 0 Å². The van der Waals surface area contributed by atoms with Crippen LogP contribution >= 0.6 is 12.2 Å². The monoisotopic (exact) mass is 280 g/mol. The first-order chi connectivity index (χ1) is 9.04. The van der Waals surface area contributed by atoms with Gasteiger partial charge < -0.3 is 15.8 Å². The van der Waals surface area contributed by atoms with Crippen molar-refractivity contribution in [1.82, 2.24) is 0 Å². The lowest BCUT2D eigenvalue weighted by Gasteiger charge is -2.14. The summed E-state index contributed by atoms with van der Waals surface area (Å²) in [6, 6.07) is 7.25. The number of hydrogen-bond donors (Lipinski definition) is 2. The second-order valence-corrected chi connectivity index (χ2v) is 4.95. The smallest absolute Gasteiger partial charge is 0.227 e. The number of ether oxygens (including phenoxy) is 1. The Kier molecular flexibility index (Phi) is 6.29. The van der Waals surface area contributed by atoms with E-state index < -0.39 is 0 Å². The fourth-order valence-corrected chi connectivity index (χ4v) is 1.72. The number of carbonyl (C=O) groups excluding carboxylic acids is 1. The Morgan fingerprint density at radius 2 is 2.16 bits per heavy atom. The molecule has 1 atom stereocenters. The van der Waals surface area contributed by atoms with Gasteiger partial charge in [-0.15, -0.1) is 0 Å². The molecule has 0 fully saturated rings. The molecule has 0 saturated heterocycles. The number of benzene rings is 1. The largest absolute Gasteiger partial charge is 0.484 e. The molecule has 0 aliphatic rings. The highest BCUT2D eigenvalue weighted by Crippen LogP contribution is 2.24. The van der Waals surface area contributed by atoms with Gasteiger partial charge in [-0.25, -0.2) is 0 Å². The van der Waals surface area contributed by atoms with Gasteiger partial charge in [0.15, 0.2) is 0 Å². The van der Waals surface area contributed by atoms with Crippen molar-refractivity contribution in [2.45, 2.75) is 26.7 Å². The number of nitrogens with two attached hydrogens (primary N) is 1. The molecule has 1 aromatic carbocycles. The van der Waals surface area contributed by atoms with Gasteiger partial charge in [0.05, 0.1) is 5.69 Å². The van der Waals surface area contributed by atoms with Crippen LogP contribution in [-0.4, -0.2) is 17.5 Å². The molecule has 0 spiro atoms. The van der Waals surface area contributed by atoms with Crippen molar-refractivity contribution >= 4 is 28.8 Å². The number of carbonyl (C=O) groups is 1. The number of amides is 1. The minimum Gasteiger partial charge on any atom is -0.484 e. The summed E-state index contributed by atoms with van der Waals surface area (Å²) >= 11 is 4.77. The predicted molar refractivity (Wildman–Crippen MR) is 81.4 cm³/mol. The number of anilines is 1. The minimum atomic E-state index is -0.0198. The van der Waals surface area contributed by atoms with E-state index in [0.717, 1.165) is 12.8 Å². The van der Waals surface area contributed by atoms with Crippen LogP contribution in [-0.2, 0) is 4.79 Å². The Balaban J connectivity index is 2.71. The number of thiocarbonyl (C=S) groups is 1. The zero-order valence-corrected chi connectivity index (χ0v) is 12.1. The highest BCUT2D eigenvalue weighted by Gasteiger charge is 2.14. The molecule has 104 valence electrons. The van der Waals surface area contributed by atoms with E-state index in [1.54, 1.807) is 12.1 Å². The molecule has 0 aromatic heterocycles. The van der Waals surface area contributed by atoms with E-state index in [2.05, 4.69) is 12.2 Å². The number of nitrogens with one attached hydrogen (secondary N) is 1. The molecule has 1 rings (SSSR count). The van der Waals surface area contributed by atoms with Crippen LogP contribution in [0.3, 0.4) is 0 Å². The molecule has 0 saturated carbocycles. The normalized spacial score (nSPS) is 11.7. The van der Waals surface area contributed by atoms with Crippen LogP contribution in [0, 0.1) is 5.92 Å². The van der Waals surface area contributed by atoms with Gasteiger partial charge in [-0.3, -0.25) is 4.79 Å². The summed E-state index contributed by atoms with van der Waals surface area (Å²) in [7, 11) is 0. The van der Waals surface area contributed by atoms with Crippen LogP contribution in [0.4, 0.5) is 5.69 Å². The molecule has 19 heavy (non-hydrogen) atoms. The molecule has 0 radical (unpaired) electrons. The van der Waals surface area contributed by atoms with E-state index in [4.69, 9.17) is 22.7 Å². The average molecular weight is 280 g/mol. The van der Waals surface area contributed by atoms with E-state index >= 15 is 0 Å². The number of rotatable bonds is 7. The molecule has 0 aliphatic carbocycles. The Morgan fingerprint density at radius 3 is 2.79 bits per heavy atom. The second kappa shape index (κ2) is 7.74. The molecule has 0 heterocycles. The predicted octanol–water partition coefficient (Wildman–Crippen LogP) is 2.73. The van der Waals surface area contributed by atoms with E-state index in [-0.39, 0.29) is 23.4 Å². The van der Waals surface area contributed by atoms with Crippen molar-refractivity contribution < 1.29 is 9.53 Å². The third-order valence-corrected chi connectivity index (χ3v) is 2.80. The van der Waals surface area contributed by atoms with Gasteiger partial charge in [-0.1, -0.05) is 44.6 Å². The van der Waals surface area contributed by atoms with Crippen molar-refractivity contribution in [3.05, 3.63) is 24.3 Å². The summed E-state index contributed by atoms with van der Waals surface area (Å²) in [5.41, 5.74) is 6.04. The summed E-state index contributed by atoms with van der Waals surface area (Å²) in [6.45, 7) is 4.13. The third kappa shape index (κ3) is 5.26. The van der Waals surface area contributed by atoms with Gasteiger partial charge in [0.1, 0.15) is 17.3 Å². The average Bonchev–Trinajstić information content (AvgIpc) is 2.37. The van der Waals surface area contributed by atoms with Crippen LogP contribution in [0.2, 0.25) is 0 Å². The summed E-state index contributed by atoms with van der Waals surface area (Å²) < 4.78 is 5.46. The zero-order valence-electron chi connectivity index (χ0n) is 11.3. The first kappa shape index (κ1) is 15.4.